The third-order valence-corrected chi connectivity index (χ3v) is 3.59. The van der Waals surface area contributed by atoms with Crippen LogP contribution >= 0.6 is 0 Å². The molecule has 0 N–H and O–H groups in total. The summed E-state index contributed by atoms with van der Waals surface area (Å²) in [5.74, 6) is 0.0716. The van der Waals surface area contributed by atoms with Crippen LogP contribution < -0.4 is 0 Å². The number of nitroso groups, excluding NO2 is 1. The van der Waals surface area contributed by atoms with Crippen LogP contribution in [0.3, 0.4) is 0 Å². The summed E-state index contributed by atoms with van der Waals surface area (Å²) in [6.07, 6.45) is -0.349. The average Bonchev–Trinajstić information content (AvgIpc) is 2.57. The van der Waals surface area contributed by atoms with Crippen LogP contribution in [0.1, 0.15) is 11.9 Å². The maximum Gasteiger partial charge on any atom is 0.183 e. The van der Waals surface area contributed by atoms with Gasteiger partial charge >= 0.3 is 0 Å². The fourth-order valence-electron chi connectivity index (χ4n) is 2.41. The maximum atomic E-state index is 10.2. The van der Waals surface area contributed by atoms with Crippen LogP contribution in [0, 0.1) is 10.8 Å². The van der Waals surface area contributed by atoms with E-state index in [9.17, 15) is 4.91 Å². The Bertz CT molecular complexity index is 575. The van der Waals surface area contributed by atoms with Crippen LogP contribution in [-0.2, 0) is 9.47 Å². The molecule has 4 heteroatoms. The SMILES string of the molecule is O=NCC1COC(c2ccc(-c3ccccc3)cc2)OC1. The van der Waals surface area contributed by atoms with E-state index in [-0.39, 0.29) is 18.8 Å². The third-order valence-electron chi connectivity index (χ3n) is 3.59. The Kier molecular flexibility index (Phi) is 4.38. The molecule has 0 unspecified atom stereocenters. The molecule has 0 spiro atoms. The van der Waals surface area contributed by atoms with Gasteiger partial charge in [-0.15, -0.1) is 0 Å². The van der Waals surface area contributed by atoms with Crippen molar-refractivity contribution in [1.29, 1.82) is 0 Å². The van der Waals surface area contributed by atoms with Gasteiger partial charge in [0, 0.05) is 11.5 Å². The summed E-state index contributed by atoms with van der Waals surface area (Å²) < 4.78 is 11.3. The van der Waals surface area contributed by atoms with Crippen molar-refractivity contribution in [3.63, 3.8) is 0 Å². The van der Waals surface area contributed by atoms with Crippen LogP contribution in [0.15, 0.2) is 59.8 Å². The minimum Gasteiger partial charge on any atom is -0.348 e. The lowest BCUT2D eigenvalue weighted by atomic mass is 10.0. The van der Waals surface area contributed by atoms with Crippen molar-refractivity contribution in [3.05, 3.63) is 65.1 Å². The summed E-state index contributed by atoms with van der Waals surface area (Å²) in [5, 5.41) is 2.89. The lowest BCUT2D eigenvalue weighted by Gasteiger charge is -2.28. The summed E-state index contributed by atoms with van der Waals surface area (Å²) in [7, 11) is 0. The molecule has 1 saturated heterocycles. The molecule has 0 bridgehead atoms. The van der Waals surface area contributed by atoms with Crippen molar-refractivity contribution in [3.8, 4) is 11.1 Å². The van der Waals surface area contributed by atoms with Crippen molar-refractivity contribution in [2.45, 2.75) is 6.29 Å². The van der Waals surface area contributed by atoms with Gasteiger partial charge < -0.3 is 9.47 Å². The highest BCUT2D eigenvalue weighted by molar-refractivity contribution is 5.63. The van der Waals surface area contributed by atoms with Crippen LogP contribution in [0.25, 0.3) is 11.1 Å². The number of hydrogen-bond donors (Lipinski definition) is 0. The summed E-state index contributed by atoms with van der Waals surface area (Å²) in [6.45, 7) is 1.27. The van der Waals surface area contributed by atoms with Crippen LogP contribution in [0.5, 0.6) is 0 Å². The summed E-state index contributed by atoms with van der Waals surface area (Å²) in [4.78, 5) is 10.2. The van der Waals surface area contributed by atoms with Gasteiger partial charge in [0.25, 0.3) is 0 Å². The molecule has 1 aliphatic rings. The molecule has 0 amide bonds. The van der Waals surface area contributed by atoms with Crippen LogP contribution in [0.4, 0.5) is 0 Å². The van der Waals surface area contributed by atoms with Crippen molar-refractivity contribution >= 4 is 0 Å². The summed E-state index contributed by atoms with van der Waals surface area (Å²) in [6, 6.07) is 18.4. The van der Waals surface area contributed by atoms with Gasteiger partial charge in [0.05, 0.1) is 19.8 Å². The maximum absolute atomic E-state index is 10.2. The predicted molar refractivity (Wildman–Crippen MR) is 80.7 cm³/mol. The standard InChI is InChI=1S/C17H17NO3/c19-18-10-13-11-20-17(21-12-13)16-8-6-15(7-9-16)14-4-2-1-3-5-14/h1-9,13,17H,10-12H2. The van der Waals surface area contributed by atoms with Gasteiger partial charge in [0.2, 0.25) is 0 Å². The molecule has 2 aromatic rings. The number of rotatable bonds is 4. The first-order valence-corrected chi connectivity index (χ1v) is 7.04. The molecule has 4 nitrogen and oxygen atoms in total. The van der Waals surface area contributed by atoms with E-state index < -0.39 is 0 Å². The van der Waals surface area contributed by atoms with Gasteiger partial charge in [0.1, 0.15) is 0 Å². The molecule has 0 atom stereocenters. The number of hydrogen-bond acceptors (Lipinski definition) is 4. The van der Waals surface area contributed by atoms with E-state index in [1.54, 1.807) is 0 Å². The topological polar surface area (TPSA) is 47.9 Å². The van der Waals surface area contributed by atoms with Crippen molar-refractivity contribution < 1.29 is 9.47 Å². The first kappa shape index (κ1) is 13.9. The zero-order valence-electron chi connectivity index (χ0n) is 11.6. The van der Waals surface area contributed by atoms with Gasteiger partial charge in [-0.3, -0.25) is 0 Å². The predicted octanol–water partition coefficient (Wildman–Crippen LogP) is 3.78. The summed E-state index contributed by atoms with van der Waals surface area (Å²) >= 11 is 0. The third kappa shape index (κ3) is 3.35. The average molecular weight is 283 g/mol. The van der Waals surface area contributed by atoms with Crippen molar-refractivity contribution in [2.75, 3.05) is 19.8 Å². The van der Waals surface area contributed by atoms with E-state index in [1.165, 1.54) is 5.56 Å². The van der Waals surface area contributed by atoms with E-state index in [4.69, 9.17) is 9.47 Å². The second kappa shape index (κ2) is 6.61. The van der Waals surface area contributed by atoms with Crippen molar-refractivity contribution in [2.24, 2.45) is 11.1 Å². The highest BCUT2D eigenvalue weighted by Gasteiger charge is 2.23. The highest BCUT2D eigenvalue weighted by Crippen LogP contribution is 2.27. The van der Waals surface area contributed by atoms with E-state index in [1.807, 2.05) is 30.3 Å². The minimum absolute atomic E-state index is 0.0716. The number of benzene rings is 2. The molecule has 0 radical (unpaired) electrons. The van der Waals surface area contributed by atoms with E-state index in [2.05, 4.69) is 29.4 Å². The van der Waals surface area contributed by atoms with Gasteiger partial charge in [-0.1, -0.05) is 59.8 Å². The fraction of sp³-hybridized carbons (Fsp3) is 0.294. The van der Waals surface area contributed by atoms with Gasteiger partial charge in [-0.25, -0.2) is 0 Å². The molecule has 1 heterocycles. The molecule has 108 valence electrons. The van der Waals surface area contributed by atoms with Crippen molar-refractivity contribution in [1.82, 2.24) is 0 Å². The Morgan fingerprint density at radius 3 is 2.14 bits per heavy atom. The van der Waals surface area contributed by atoms with E-state index >= 15 is 0 Å². The molecule has 21 heavy (non-hydrogen) atoms. The molecule has 0 saturated carbocycles. The molecule has 1 aliphatic heterocycles. The number of nitrogens with zero attached hydrogens (tertiary/aromatic N) is 1. The second-order valence-electron chi connectivity index (χ2n) is 5.16. The van der Waals surface area contributed by atoms with Gasteiger partial charge in [-0.05, 0) is 11.1 Å². The number of ether oxygens (including phenoxy) is 2. The first-order valence-electron chi connectivity index (χ1n) is 7.04. The van der Waals surface area contributed by atoms with E-state index in [0.29, 0.717) is 13.2 Å². The van der Waals surface area contributed by atoms with Crippen LogP contribution in [-0.4, -0.2) is 19.8 Å². The molecule has 2 aromatic carbocycles. The summed E-state index contributed by atoms with van der Waals surface area (Å²) in [5.41, 5.74) is 3.34. The lowest BCUT2D eigenvalue weighted by Crippen LogP contribution is -2.28. The largest absolute Gasteiger partial charge is 0.348 e. The Morgan fingerprint density at radius 2 is 1.52 bits per heavy atom. The smallest absolute Gasteiger partial charge is 0.183 e. The normalized spacial score (nSPS) is 21.9. The Morgan fingerprint density at radius 1 is 0.905 bits per heavy atom. The highest BCUT2D eigenvalue weighted by atomic mass is 16.7. The zero-order chi connectivity index (χ0) is 14.5. The zero-order valence-corrected chi connectivity index (χ0v) is 11.6. The van der Waals surface area contributed by atoms with Gasteiger partial charge in [-0.2, -0.15) is 4.91 Å². The Labute approximate surface area is 123 Å². The molecule has 1 fully saturated rings. The molecule has 0 aromatic heterocycles. The van der Waals surface area contributed by atoms with E-state index in [0.717, 1.165) is 11.1 Å². The van der Waals surface area contributed by atoms with Gasteiger partial charge in [0.15, 0.2) is 6.29 Å². The minimum atomic E-state index is -0.349. The first-order chi connectivity index (χ1) is 10.4. The molecular formula is C17H17NO3. The molecular weight excluding hydrogens is 266 g/mol. The lowest BCUT2D eigenvalue weighted by molar-refractivity contribution is -0.203. The Hall–Kier alpha value is -2.04. The molecule has 3 rings (SSSR count). The second-order valence-corrected chi connectivity index (χ2v) is 5.16. The quantitative estimate of drug-likeness (QED) is 0.802. The monoisotopic (exact) mass is 283 g/mol. The molecule has 0 aliphatic carbocycles. The Balaban J connectivity index is 1.67. The van der Waals surface area contributed by atoms with Crippen LogP contribution in [0.2, 0.25) is 0 Å². The fourth-order valence-corrected chi connectivity index (χ4v) is 2.41.